The number of rotatable bonds is 8. The lowest BCUT2D eigenvalue weighted by Gasteiger charge is -2.14. The van der Waals surface area contributed by atoms with E-state index in [2.05, 4.69) is 0 Å². The van der Waals surface area contributed by atoms with Crippen LogP contribution in [0.1, 0.15) is 12.5 Å². The first-order chi connectivity index (χ1) is 14.4. The number of hydrogen-bond donors (Lipinski definition) is 1. The van der Waals surface area contributed by atoms with E-state index in [1.54, 1.807) is 55.7 Å². The molecule has 9 heteroatoms. The normalized spacial score (nSPS) is 14.9. The van der Waals surface area contributed by atoms with Crippen LogP contribution in [0.2, 0.25) is 0 Å². The number of thiocarbonyl (C=S) groups is 1. The van der Waals surface area contributed by atoms with Crippen LogP contribution in [-0.2, 0) is 9.59 Å². The van der Waals surface area contributed by atoms with Gasteiger partial charge in [-0.2, -0.15) is 0 Å². The van der Waals surface area contributed by atoms with Crippen LogP contribution in [-0.4, -0.2) is 41.6 Å². The fourth-order valence-corrected chi connectivity index (χ4v) is 4.01. The maximum atomic E-state index is 12.9. The molecule has 0 saturated carbocycles. The van der Waals surface area contributed by atoms with Crippen LogP contribution >= 0.6 is 24.0 Å². The highest BCUT2D eigenvalue weighted by atomic mass is 32.2. The van der Waals surface area contributed by atoms with Crippen LogP contribution in [0.15, 0.2) is 47.4 Å². The predicted octanol–water partition coefficient (Wildman–Crippen LogP) is 3.96. The molecule has 30 heavy (non-hydrogen) atoms. The summed E-state index contributed by atoms with van der Waals surface area (Å²) in [5.41, 5.74) is 1.37. The Balaban J connectivity index is 1.85. The van der Waals surface area contributed by atoms with Gasteiger partial charge in [-0.3, -0.25) is 9.69 Å². The molecule has 0 atom stereocenters. The Labute approximate surface area is 183 Å². The van der Waals surface area contributed by atoms with Crippen LogP contribution in [0.3, 0.4) is 0 Å². The van der Waals surface area contributed by atoms with E-state index in [-0.39, 0.29) is 5.91 Å². The van der Waals surface area contributed by atoms with Gasteiger partial charge in [0.15, 0.2) is 22.4 Å². The van der Waals surface area contributed by atoms with Crippen molar-refractivity contribution in [3.05, 3.63) is 52.9 Å². The van der Waals surface area contributed by atoms with E-state index in [1.165, 1.54) is 16.7 Å². The van der Waals surface area contributed by atoms with Gasteiger partial charge >= 0.3 is 5.97 Å². The molecule has 0 aliphatic carbocycles. The molecule has 0 spiro atoms. The van der Waals surface area contributed by atoms with Crippen molar-refractivity contribution in [3.8, 4) is 17.2 Å². The third-order valence-electron chi connectivity index (χ3n) is 4.04. The van der Waals surface area contributed by atoms with Gasteiger partial charge in [0.05, 0.1) is 24.3 Å². The van der Waals surface area contributed by atoms with Crippen molar-refractivity contribution in [2.24, 2.45) is 0 Å². The molecular formula is C21H19NO6S2. The first kappa shape index (κ1) is 21.7. The topological polar surface area (TPSA) is 85.3 Å². The van der Waals surface area contributed by atoms with Crippen molar-refractivity contribution in [2.75, 3.05) is 25.2 Å². The summed E-state index contributed by atoms with van der Waals surface area (Å²) in [6.45, 7) is 1.72. The minimum absolute atomic E-state index is 0.223. The van der Waals surface area contributed by atoms with Crippen molar-refractivity contribution in [3.63, 3.8) is 0 Å². The van der Waals surface area contributed by atoms with E-state index in [1.807, 2.05) is 6.92 Å². The zero-order valence-electron chi connectivity index (χ0n) is 16.3. The minimum atomic E-state index is -1.08. The van der Waals surface area contributed by atoms with Crippen LogP contribution in [0.25, 0.3) is 6.08 Å². The molecule has 156 valence electrons. The first-order valence-electron chi connectivity index (χ1n) is 8.96. The molecule has 1 N–H and O–H groups in total. The molecule has 1 aliphatic heterocycles. The number of amides is 1. The maximum Gasteiger partial charge on any atom is 0.341 e. The van der Waals surface area contributed by atoms with Gasteiger partial charge in [-0.25, -0.2) is 4.79 Å². The zero-order chi connectivity index (χ0) is 21.7. The summed E-state index contributed by atoms with van der Waals surface area (Å²) in [7, 11) is 1.58. The van der Waals surface area contributed by atoms with Gasteiger partial charge in [0.2, 0.25) is 0 Å². The van der Waals surface area contributed by atoms with Gasteiger partial charge in [-0.1, -0.05) is 30.0 Å². The smallest absolute Gasteiger partial charge is 0.341 e. The standard InChI is InChI=1S/C21H19NO6S2/c1-3-27-17-10-13(4-9-16(17)28-12-19(23)24)11-18-20(25)22(21(29)30-18)14-5-7-15(26-2)8-6-14/h4-11H,3,12H2,1-2H3,(H,23,24). The summed E-state index contributed by atoms with van der Waals surface area (Å²) >= 11 is 6.60. The fourth-order valence-electron chi connectivity index (χ4n) is 2.71. The van der Waals surface area contributed by atoms with Crippen molar-refractivity contribution >= 4 is 51.9 Å². The molecule has 0 radical (unpaired) electrons. The van der Waals surface area contributed by atoms with Crippen molar-refractivity contribution in [2.45, 2.75) is 6.92 Å². The second-order valence-corrected chi connectivity index (χ2v) is 7.71. The number of carbonyl (C=O) groups excluding carboxylic acids is 1. The summed E-state index contributed by atoms with van der Waals surface area (Å²) < 4.78 is 16.4. The summed E-state index contributed by atoms with van der Waals surface area (Å²) in [5, 5.41) is 8.80. The third-order valence-corrected chi connectivity index (χ3v) is 5.34. The average Bonchev–Trinajstić information content (AvgIpc) is 3.00. The Bertz CT molecular complexity index is 1000. The molecule has 0 bridgehead atoms. The summed E-state index contributed by atoms with van der Waals surface area (Å²) in [4.78, 5) is 25.6. The highest BCUT2D eigenvalue weighted by molar-refractivity contribution is 8.27. The number of anilines is 1. The second-order valence-electron chi connectivity index (χ2n) is 6.04. The van der Waals surface area contributed by atoms with E-state index in [0.29, 0.717) is 44.3 Å². The molecule has 1 saturated heterocycles. The van der Waals surface area contributed by atoms with E-state index < -0.39 is 12.6 Å². The number of carboxylic acids is 1. The van der Waals surface area contributed by atoms with E-state index in [4.69, 9.17) is 31.5 Å². The Kier molecular flexibility index (Phi) is 6.96. The third kappa shape index (κ3) is 4.92. The van der Waals surface area contributed by atoms with Crippen molar-refractivity contribution in [1.82, 2.24) is 0 Å². The molecule has 2 aromatic carbocycles. The monoisotopic (exact) mass is 445 g/mol. The molecule has 1 amide bonds. The van der Waals surface area contributed by atoms with E-state index in [0.717, 1.165) is 0 Å². The number of methoxy groups -OCH3 is 1. The SMILES string of the molecule is CCOc1cc(C=C2SC(=S)N(c3ccc(OC)cc3)C2=O)ccc1OCC(=O)O. The Morgan fingerprint density at radius 3 is 2.53 bits per heavy atom. The minimum Gasteiger partial charge on any atom is -0.497 e. The summed E-state index contributed by atoms with van der Waals surface area (Å²) in [6.07, 6.45) is 1.71. The average molecular weight is 446 g/mol. The van der Waals surface area contributed by atoms with Crippen LogP contribution < -0.4 is 19.1 Å². The molecule has 3 rings (SSSR count). The van der Waals surface area contributed by atoms with Crippen LogP contribution in [0, 0.1) is 0 Å². The molecule has 2 aromatic rings. The number of thioether (sulfide) groups is 1. The Hall–Kier alpha value is -3.04. The quantitative estimate of drug-likeness (QED) is 0.483. The number of hydrogen-bond acceptors (Lipinski definition) is 7. The number of benzene rings is 2. The van der Waals surface area contributed by atoms with Gasteiger partial charge < -0.3 is 19.3 Å². The van der Waals surface area contributed by atoms with Gasteiger partial charge in [-0.15, -0.1) is 0 Å². The Morgan fingerprint density at radius 1 is 1.17 bits per heavy atom. The van der Waals surface area contributed by atoms with Crippen LogP contribution in [0.5, 0.6) is 17.2 Å². The molecule has 1 heterocycles. The maximum absolute atomic E-state index is 12.9. The van der Waals surface area contributed by atoms with Gasteiger partial charge in [0, 0.05) is 0 Å². The molecular weight excluding hydrogens is 426 g/mol. The van der Waals surface area contributed by atoms with Gasteiger partial charge in [0.1, 0.15) is 5.75 Å². The zero-order valence-corrected chi connectivity index (χ0v) is 17.9. The van der Waals surface area contributed by atoms with E-state index in [9.17, 15) is 9.59 Å². The molecule has 1 aliphatic rings. The van der Waals surface area contributed by atoms with Crippen LogP contribution in [0.4, 0.5) is 5.69 Å². The van der Waals surface area contributed by atoms with Gasteiger partial charge in [-0.05, 0) is 55.0 Å². The highest BCUT2D eigenvalue weighted by Crippen LogP contribution is 2.37. The molecule has 7 nitrogen and oxygen atoms in total. The first-order valence-corrected chi connectivity index (χ1v) is 10.2. The molecule has 1 fully saturated rings. The molecule has 0 aromatic heterocycles. The largest absolute Gasteiger partial charge is 0.497 e. The molecule has 0 unspecified atom stereocenters. The lowest BCUT2D eigenvalue weighted by Crippen LogP contribution is -2.27. The van der Waals surface area contributed by atoms with E-state index >= 15 is 0 Å². The van der Waals surface area contributed by atoms with Crippen molar-refractivity contribution < 1.29 is 28.9 Å². The highest BCUT2D eigenvalue weighted by Gasteiger charge is 2.33. The lowest BCUT2D eigenvalue weighted by atomic mass is 10.1. The number of carboxylic acid groups (broad SMARTS) is 1. The number of carbonyl (C=O) groups is 2. The Morgan fingerprint density at radius 2 is 1.90 bits per heavy atom. The summed E-state index contributed by atoms with van der Waals surface area (Å²) in [5.74, 6) is 0.108. The number of aliphatic carboxylic acids is 1. The predicted molar refractivity (Wildman–Crippen MR) is 119 cm³/mol. The van der Waals surface area contributed by atoms with Gasteiger partial charge in [0.25, 0.3) is 5.91 Å². The fraction of sp³-hybridized carbons (Fsp3) is 0.190. The number of nitrogens with zero attached hydrogens (tertiary/aromatic N) is 1. The van der Waals surface area contributed by atoms with Crippen molar-refractivity contribution in [1.29, 1.82) is 0 Å². The lowest BCUT2D eigenvalue weighted by molar-refractivity contribution is -0.139. The summed E-state index contributed by atoms with van der Waals surface area (Å²) in [6, 6.07) is 12.1. The second kappa shape index (κ2) is 9.64. The number of ether oxygens (including phenoxy) is 3.